The van der Waals surface area contributed by atoms with Crippen LogP contribution in [-0.4, -0.2) is 20.9 Å². The van der Waals surface area contributed by atoms with Crippen molar-refractivity contribution in [2.24, 2.45) is 0 Å². The smallest absolute Gasteiger partial charge is 0.357 e. The molecule has 1 aromatic carbocycles. The van der Waals surface area contributed by atoms with Crippen molar-refractivity contribution < 1.29 is 14.3 Å². The van der Waals surface area contributed by atoms with E-state index in [0.717, 1.165) is 22.9 Å². The number of carbonyl (C=O) groups is 1. The average molecular weight is 269 g/mol. The Kier molecular flexibility index (Phi) is 3.12. The van der Waals surface area contributed by atoms with Crippen molar-refractivity contribution in [1.82, 2.24) is 9.78 Å². The first kappa shape index (κ1) is 12.3. The summed E-state index contributed by atoms with van der Waals surface area (Å²) in [6.45, 7) is 0. The van der Waals surface area contributed by atoms with Gasteiger partial charge in [-0.25, -0.2) is 9.18 Å². The van der Waals surface area contributed by atoms with E-state index in [9.17, 15) is 14.0 Å². The molecule has 0 aliphatic heterocycles. The molecule has 1 heterocycles. The van der Waals surface area contributed by atoms with Crippen molar-refractivity contribution >= 4 is 17.6 Å². The van der Waals surface area contributed by atoms with Crippen LogP contribution in [0.3, 0.4) is 0 Å². The zero-order chi connectivity index (χ0) is 13.3. The number of nitrogens with zero attached hydrogens (tertiary/aromatic N) is 2. The molecule has 7 heteroatoms. The molecule has 1 aromatic heterocycles. The second kappa shape index (κ2) is 4.58. The monoisotopic (exact) mass is 268 g/mol. The van der Waals surface area contributed by atoms with E-state index in [-0.39, 0.29) is 10.7 Å². The van der Waals surface area contributed by atoms with Crippen LogP contribution in [0.2, 0.25) is 5.02 Å². The Morgan fingerprint density at radius 3 is 2.50 bits per heavy atom. The number of aromatic nitrogens is 2. The van der Waals surface area contributed by atoms with E-state index < -0.39 is 23.0 Å². The lowest BCUT2D eigenvalue weighted by Gasteiger charge is -2.06. The molecule has 0 amide bonds. The lowest BCUT2D eigenvalue weighted by atomic mass is 10.3. The molecule has 0 spiro atoms. The summed E-state index contributed by atoms with van der Waals surface area (Å²) in [6, 6.07) is 5.84. The van der Waals surface area contributed by atoms with Gasteiger partial charge in [-0.2, -0.15) is 9.78 Å². The third-order valence-corrected chi connectivity index (χ3v) is 2.45. The molecule has 5 nitrogen and oxygen atoms in total. The zero-order valence-electron chi connectivity index (χ0n) is 8.80. The van der Waals surface area contributed by atoms with Gasteiger partial charge in [-0.1, -0.05) is 11.6 Å². The lowest BCUT2D eigenvalue weighted by Crippen LogP contribution is -2.23. The van der Waals surface area contributed by atoms with E-state index in [1.165, 1.54) is 12.1 Å². The Balaban J connectivity index is 2.64. The van der Waals surface area contributed by atoms with Gasteiger partial charge in [0, 0.05) is 6.07 Å². The second-order valence-corrected chi connectivity index (χ2v) is 3.78. The van der Waals surface area contributed by atoms with E-state index in [1.54, 1.807) is 0 Å². The number of hydrogen-bond acceptors (Lipinski definition) is 3. The highest BCUT2D eigenvalue weighted by Crippen LogP contribution is 2.12. The normalized spacial score (nSPS) is 10.3. The Bertz CT molecular complexity index is 667. The van der Waals surface area contributed by atoms with E-state index in [0.29, 0.717) is 0 Å². The van der Waals surface area contributed by atoms with Gasteiger partial charge in [0.1, 0.15) is 5.82 Å². The van der Waals surface area contributed by atoms with Crippen molar-refractivity contribution in [3.63, 3.8) is 0 Å². The van der Waals surface area contributed by atoms with Gasteiger partial charge in [0.25, 0.3) is 5.56 Å². The first-order chi connectivity index (χ1) is 8.49. The van der Waals surface area contributed by atoms with Crippen molar-refractivity contribution in [1.29, 1.82) is 0 Å². The highest BCUT2D eigenvalue weighted by Gasteiger charge is 2.14. The van der Waals surface area contributed by atoms with E-state index >= 15 is 0 Å². The Morgan fingerprint density at radius 2 is 1.94 bits per heavy atom. The Morgan fingerprint density at radius 1 is 1.33 bits per heavy atom. The van der Waals surface area contributed by atoms with Crippen molar-refractivity contribution in [2.75, 3.05) is 0 Å². The SMILES string of the molecule is O=C(O)c1nn(-c2ccc(F)cc2)c(=O)cc1Cl. The van der Waals surface area contributed by atoms with Gasteiger partial charge in [-0.3, -0.25) is 4.79 Å². The largest absolute Gasteiger partial charge is 0.476 e. The van der Waals surface area contributed by atoms with Crippen LogP contribution in [0.4, 0.5) is 4.39 Å². The molecule has 0 unspecified atom stereocenters. The summed E-state index contributed by atoms with van der Waals surface area (Å²) >= 11 is 5.59. The molecule has 92 valence electrons. The topological polar surface area (TPSA) is 72.2 Å². The summed E-state index contributed by atoms with van der Waals surface area (Å²) in [4.78, 5) is 22.5. The van der Waals surface area contributed by atoms with Crippen molar-refractivity contribution in [3.05, 3.63) is 57.2 Å². The molecule has 18 heavy (non-hydrogen) atoms. The average Bonchev–Trinajstić information content (AvgIpc) is 2.30. The molecule has 1 N–H and O–H groups in total. The van der Waals surface area contributed by atoms with Crippen LogP contribution in [0.25, 0.3) is 5.69 Å². The number of carboxylic acid groups (broad SMARTS) is 1. The van der Waals surface area contributed by atoms with E-state index in [4.69, 9.17) is 16.7 Å². The van der Waals surface area contributed by atoms with Gasteiger partial charge in [-0.05, 0) is 24.3 Å². The minimum atomic E-state index is -1.35. The molecule has 0 aliphatic rings. The highest BCUT2D eigenvalue weighted by atomic mass is 35.5. The summed E-state index contributed by atoms with van der Waals surface area (Å²) in [5.74, 6) is -1.82. The molecule has 0 bridgehead atoms. The molecule has 0 saturated heterocycles. The fourth-order valence-corrected chi connectivity index (χ4v) is 1.56. The first-order valence-electron chi connectivity index (χ1n) is 4.78. The van der Waals surface area contributed by atoms with Gasteiger partial charge in [0.2, 0.25) is 0 Å². The minimum Gasteiger partial charge on any atom is -0.476 e. The fourth-order valence-electron chi connectivity index (χ4n) is 1.35. The minimum absolute atomic E-state index is 0.245. The van der Waals surface area contributed by atoms with E-state index in [2.05, 4.69) is 5.10 Å². The molecular weight excluding hydrogens is 263 g/mol. The van der Waals surface area contributed by atoms with Gasteiger partial charge >= 0.3 is 5.97 Å². The quantitative estimate of drug-likeness (QED) is 0.900. The molecule has 0 fully saturated rings. The van der Waals surface area contributed by atoms with Crippen molar-refractivity contribution in [2.45, 2.75) is 0 Å². The third-order valence-electron chi connectivity index (χ3n) is 2.16. The fraction of sp³-hybridized carbons (Fsp3) is 0. The highest BCUT2D eigenvalue weighted by molar-refractivity contribution is 6.33. The summed E-state index contributed by atoms with van der Waals surface area (Å²) < 4.78 is 13.6. The maximum absolute atomic E-state index is 12.8. The summed E-state index contributed by atoms with van der Waals surface area (Å²) in [5, 5.41) is 12.2. The number of halogens is 2. The summed E-state index contributed by atoms with van der Waals surface area (Å²) in [7, 11) is 0. The van der Waals surface area contributed by atoms with Gasteiger partial charge < -0.3 is 5.11 Å². The predicted octanol–water partition coefficient (Wildman–Crippen LogP) is 1.72. The number of rotatable bonds is 2. The number of carboxylic acids is 1. The van der Waals surface area contributed by atoms with Gasteiger partial charge in [0.15, 0.2) is 5.69 Å². The Labute approximate surface area is 105 Å². The molecule has 0 aliphatic carbocycles. The van der Waals surface area contributed by atoms with Gasteiger partial charge in [-0.15, -0.1) is 0 Å². The summed E-state index contributed by atoms with van der Waals surface area (Å²) in [5.41, 5.74) is -0.794. The standard InChI is InChI=1S/C11H6ClFN2O3/c12-8-5-9(16)15(14-10(8)11(17)18)7-3-1-6(13)2-4-7/h1-5H,(H,17,18). The van der Waals surface area contributed by atoms with Crippen LogP contribution in [0.1, 0.15) is 10.5 Å². The number of aromatic carboxylic acids is 1. The second-order valence-electron chi connectivity index (χ2n) is 3.37. The van der Waals surface area contributed by atoms with E-state index in [1.807, 2.05) is 0 Å². The number of benzene rings is 1. The maximum Gasteiger partial charge on any atom is 0.357 e. The van der Waals surface area contributed by atoms with Crippen LogP contribution in [0, 0.1) is 5.82 Å². The molecule has 0 atom stereocenters. The summed E-state index contributed by atoms with van der Waals surface area (Å²) in [6.07, 6.45) is 0. The first-order valence-corrected chi connectivity index (χ1v) is 5.16. The zero-order valence-corrected chi connectivity index (χ0v) is 9.56. The van der Waals surface area contributed by atoms with Gasteiger partial charge in [0.05, 0.1) is 10.7 Å². The van der Waals surface area contributed by atoms with Crippen LogP contribution in [-0.2, 0) is 0 Å². The molecule has 2 aromatic rings. The third kappa shape index (κ3) is 2.23. The van der Waals surface area contributed by atoms with Crippen molar-refractivity contribution in [3.8, 4) is 5.69 Å². The van der Waals surface area contributed by atoms with Crippen LogP contribution < -0.4 is 5.56 Å². The van der Waals surface area contributed by atoms with Crippen LogP contribution in [0.5, 0.6) is 0 Å². The molecule has 2 rings (SSSR count). The number of hydrogen-bond donors (Lipinski definition) is 1. The molecule has 0 saturated carbocycles. The van der Waals surface area contributed by atoms with Crippen LogP contribution >= 0.6 is 11.6 Å². The van der Waals surface area contributed by atoms with Crippen LogP contribution in [0.15, 0.2) is 35.1 Å². The Hall–Kier alpha value is -2.21. The maximum atomic E-state index is 12.8. The lowest BCUT2D eigenvalue weighted by molar-refractivity contribution is 0.0688. The predicted molar refractivity (Wildman–Crippen MR) is 61.8 cm³/mol. The molecule has 0 radical (unpaired) electrons. The molecular formula is C11H6ClFN2O3.